The van der Waals surface area contributed by atoms with Gasteiger partial charge in [0.25, 0.3) is 5.69 Å². The van der Waals surface area contributed by atoms with Crippen molar-refractivity contribution in [1.82, 2.24) is 4.72 Å². The fourth-order valence-electron chi connectivity index (χ4n) is 3.70. The summed E-state index contributed by atoms with van der Waals surface area (Å²) in [6.45, 7) is -0.934. The molecule has 6 N–H and O–H groups in total. The van der Waals surface area contributed by atoms with Crippen LogP contribution in [0.3, 0.4) is 0 Å². The van der Waals surface area contributed by atoms with E-state index in [1.807, 2.05) is 0 Å². The molecule has 0 saturated carbocycles. The average molecular weight is 600 g/mol. The number of nitro groups is 1. The van der Waals surface area contributed by atoms with E-state index in [1.165, 1.54) is 4.72 Å². The molecule has 0 amide bonds. The van der Waals surface area contributed by atoms with Crippen LogP contribution in [0.2, 0.25) is 0 Å². The molecule has 2 aliphatic rings. The number of carbonyl (C=O) groups is 1. The standard InChI is InChI=1S/C18H24N2O16S.2Na/c21-5-8-10(22)11(23)9(19-37(30,31)32)17(34-8)35-14-12(24)13(25)18(36-15(14)16(26)27)33-7-3-1-6(2-4-7)20(28)29;;/h1-4,8-15,17-19,21-25H,5H2,(H,26,27)(H,30,31,32);;/q;2*+1/p-2/t8-,9-,10-,11-,12-,13-,14+,15+,17-,18-;;/m1../s1. The fraction of sp³-hybridized carbons (Fsp3) is 0.611. The van der Waals surface area contributed by atoms with Gasteiger partial charge in [0.05, 0.1) is 17.5 Å². The van der Waals surface area contributed by atoms with E-state index in [0.717, 1.165) is 24.3 Å². The summed E-state index contributed by atoms with van der Waals surface area (Å²) in [5, 5.41) is 73.1. The number of carbonyl (C=O) groups excluding carboxylic acids is 1. The first-order chi connectivity index (χ1) is 17.2. The molecule has 2 saturated heterocycles. The minimum atomic E-state index is -5.31. The van der Waals surface area contributed by atoms with Crippen molar-refractivity contribution in [2.75, 3.05) is 6.61 Å². The number of non-ortho nitro benzene ring substituents is 1. The fourth-order valence-corrected chi connectivity index (χ4v) is 4.29. The number of ether oxygens (including phenoxy) is 4. The molecule has 2 heterocycles. The van der Waals surface area contributed by atoms with Crippen molar-refractivity contribution in [2.45, 2.75) is 61.3 Å². The van der Waals surface area contributed by atoms with Gasteiger partial charge in [-0.1, -0.05) is 0 Å². The molecule has 3 rings (SSSR count). The molecule has 2 aliphatic heterocycles. The van der Waals surface area contributed by atoms with Crippen molar-refractivity contribution in [1.29, 1.82) is 0 Å². The summed E-state index contributed by atoms with van der Waals surface area (Å²) in [5.41, 5.74) is -0.303. The zero-order chi connectivity index (χ0) is 27.7. The van der Waals surface area contributed by atoms with E-state index < -0.39 is 89.2 Å². The predicted molar refractivity (Wildman–Crippen MR) is 109 cm³/mol. The Labute approximate surface area is 264 Å². The maximum Gasteiger partial charge on any atom is 1.00 e. The summed E-state index contributed by atoms with van der Waals surface area (Å²) in [5.74, 6) is -2.13. The molecule has 1 aromatic rings. The third-order valence-electron chi connectivity index (χ3n) is 5.53. The average Bonchev–Trinajstić information content (AvgIpc) is 2.82. The van der Waals surface area contributed by atoms with Crippen molar-refractivity contribution in [3.63, 3.8) is 0 Å². The molecule has 10 atom stereocenters. The number of carboxylic acid groups (broad SMARTS) is 1. The van der Waals surface area contributed by atoms with Crippen LogP contribution in [0.1, 0.15) is 0 Å². The van der Waals surface area contributed by atoms with Gasteiger partial charge in [0.2, 0.25) is 6.29 Å². The smallest absolute Gasteiger partial charge is 0.735 e. The Morgan fingerprint density at radius 2 is 1.59 bits per heavy atom. The quantitative estimate of drug-likeness (QED) is 0.0663. The molecular weight excluding hydrogens is 578 g/mol. The summed E-state index contributed by atoms with van der Waals surface area (Å²) in [6.07, 6.45) is -18.1. The monoisotopic (exact) mass is 600 g/mol. The Balaban J connectivity index is 0.00000380. The topological polar surface area (TPSA) is 291 Å². The number of nitrogens with one attached hydrogen (secondary N) is 1. The summed E-state index contributed by atoms with van der Waals surface area (Å²) in [6, 6.07) is 2.24. The van der Waals surface area contributed by atoms with Crippen LogP contribution < -0.4 is 73.7 Å². The third-order valence-corrected chi connectivity index (χ3v) is 6.09. The molecule has 18 nitrogen and oxygen atoms in total. The Morgan fingerprint density at radius 1 is 1.00 bits per heavy atom. The molecule has 0 aromatic heterocycles. The van der Waals surface area contributed by atoms with Crippen molar-refractivity contribution in [3.8, 4) is 5.75 Å². The molecular formula is C18H22N2Na2O16S. The van der Waals surface area contributed by atoms with Crippen molar-refractivity contribution in [2.24, 2.45) is 0 Å². The number of rotatable bonds is 9. The zero-order valence-corrected chi connectivity index (χ0v) is 25.2. The van der Waals surface area contributed by atoms with Crippen LogP contribution in [0.5, 0.6) is 5.75 Å². The van der Waals surface area contributed by atoms with Crippen molar-refractivity contribution < 1.29 is 131 Å². The van der Waals surface area contributed by atoms with Crippen LogP contribution >= 0.6 is 0 Å². The molecule has 208 valence electrons. The predicted octanol–water partition coefficient (Wildman–Crippen LogP) is -11.6. The Hall–Kier alpha value is -0.560. The van der Waals surface area contributed by atoms with Crippen LogP contribution in [0.4, 0.5) is 5.69 Å². The number of nitrogens with zero attached hydrogens (tertiary/aromatic N) is 1. The number of nitro benzene ring substituents is 1. The van der Waals surface area contributed by atoms with E-state index in [1.54, 1.807) is 0 Å². The van der Waals surface area contributed by atoms with Crippen molar-refractivity contribution >= 4 is 22.0 Å². The van der Waals surface area contributed by atoms with E-state index in [9.17, 15) is 58.5 Å². The number of aliphatic hydroxyl groups is 5. The van der Waals surface area contributed by atoms with Gasteiger partial charge in [-0.25, -0.2) is 13.1 Å². The first kappa shape index (κ1) is 36.5. The van der Waals surface area contributed by atoms with Gasteiger partial charge in [0, 0.05) is 12.1 Å². The second-order valence-electron chi connectivity index (χ2n) is 8.00. The Morgan fingerprint density at radius 3 is 2.08 bits per heavy atom. The summed E-state index contributed by atoms with van der Waals surface area (Å²) >= 11 is 0. The van der Waals surface area contributed by atoms with Gasteiger partial charge in [-0.05, 0) is 12.1 Å². The van der Waals surface area contributed by atoms with Gasteiger partial charge in [0.15, 0.2) is 16.6 Å². The summed E-state index contributed by atoms with van der Waals surface area (Å²) in [4.78, 5) is 21.8. The number of benzene rings is 1. The minimum absolute atomic E-state index is 0. The van der Waals surface area contributed by atoms with Crippen LogP contribution in [0.25, 0.3) is 0 Å². The van der Waals surface area contributed by atoms with Gasteiger partial charge in [-0.15, -0.1) is 0 Å². The number of hydrogen-bond acceptors (Lipinski definition) is 16. The first-order valence-corrected chi connectivity index (χ1v) is 11.8. The largest absolute Gasteiger partial charge is 1.00 e. The van der Waals surface area contributed by atoms with E-state index in [-0.39, 0.29) is 70.6 Å². The van der Waals surface area contributed by atoms with Crippen molar-refractivity contribution in [3.05, 3.63) is 34.4 Å². The third kappa shape index (κ3) is 8.96. The maximum absolute atomic E-state index is 11.8. The Bertz CT molecular complexity index is 1080. The van der Waals surface area contributed by atoms with Crippen LogP contribution in [0, 0.1) is 10.1 Å². The van der Waals surface area contributed by atoms with Gasteiger partial charge in [-0.3, -0.25) is 10.1 Å². The molecule has 0 spiro atoms. The minimum Gasteiger partial charge on any atom is -0.735 e. The second kappa shape index (κ2) is 15.1. The molecule has 1 aromatic carbocycles. The summed E-state index contributed by atoms with van der Waals surface area (Å²) in [7, 11) is -5.31. The zero-order valence-electron chi connectivity index (χ0n) is 20.4. The maximum atomic E-state index is 11.8. The van der Waals surface area contributed by atoms with Gasteiger partial charge in [0.1, 0.15) is 54.5 Å². The molecule has 2 fully saturated rings. The summed E-state index contributed by atoms with van der Waals surface area (Å²) < 4.78 is 55.9. The van der Waals surface area contributed by atoms with E-state index in [4.69, 9.17) is 18.9 Å². The number of aliphatic hydroxyl groups excluding tert-OH is 5. The molecule has 0 aliphatic carbocycles. The molecule has 0 bridgehead atoms. The van der Waals surface area contributed by atoms with E-state index >= 15 is 0 Å². The number of aliphatic carboxylic acids is 1. The van der Waals surface area contributed by atoms with E-state index in [0.29, 0.717) is 0 Å². The second-order valence-corrected chi connectivity index (χ2v) is 9.14. The molecule has 0 radical (unpaired) electrons. The van der Waals surface area contributed by atoms with Gasteiger partial charge < -0.3 is 58.9 Å². The van der Waals surface area contributed by atoms with Crippen LogP contribution in [-0.4, -0.2) is 117 Å². The van der Waals surface area contributed by atoms with E-state index in [2.05, 4.69) is 0 Å². The normalized spacial score (nSPS) is 34.7. The number of carboxylic acids is 1. The van der Waals surface area contributed by atoms with Gasteiger partial charge >= 0.3 is 59.1 Å². The SMILES string of the molecule is O=C([O-])[C@H]1O[C@@H](Oc2ccc([N+](=O)[O-])cc2)[C@H](O)[C@@H](O)[C@@H]1O[C@H]1O[C@H](CO)[C@@H](O)[C@H](O)[C@H]1NS(=O)(=O)[O-].[Na+].[Na+]. The molecule has 0 unspecified atom stereocenters. The van der Waals surface area contributed by atoms with Crippen LogP contribution in [-0.2, 0) is 29.3 Å². The molecule has 21 heteroatoms. The van der Waals surface area contributed by atoms with Gasteiger partial charge in [-0.2, -0.15) is 0 Å². The first-order valence-electron chi connectivity index (χ1n) is 10.4. The van der Waals surface area contributed by atoms with Crippen LogP contribution in [0.15, 0.2) is 24.3 Å². The molecule has 39 heavy (non-hydrogen) atoms. The Kier molecular flexibility index (Phi) is 14.1. The number of hydrogen-bond donors (Lipinski definition) is 6.